The lowest BCUT2D eigenvalue weighted by Gasteiger charge is -2.09. The molecule has 0 aliphatic rings. The molecule has 4 N–H and O–H groups in total. The van der Waals surface area contributed by atoms with Gasteiger partial charge in [-0.2, -0.15) is 8.42 Å². The van der Waals surface area contributed by atoms with Crippen molar-refractivity contribution in [3.63, 3.8) is 0 Å². The van der Waals surface area contributed by atoms with E-state index < -0.39 is 37.2 Å². The maximum atomic E-state index is 12.0. The molecule has 9 heteroatoms. The van der Waals surface area contributed by atoms with Gasteiger partial charge in [-0.15, -0.1) is 0 Å². The monoisotopic (exact) mass is 331 g/mol. The van der Waals surface area contributed by atoms with Gasteiger partial charge in [0.05, 0.1) is 17.3 Å². The lowest BCUT2D eigenvalue weighted by Crippen LogP contribution is -2.11. The van der Waals surface area contributed by atoms with Crippen LogP contribution < -0.4 is 5.73 Å². The molecule has 7 nitrogen and oxygen atoms in total. The molecule has 0 saturated carbocycles. The van der Waals surface area contributed by atoms with Crippen molar-refractivity contribution in [2.75, 3.05) is 18.1 Å². The van der Waals surface area contributed by atoms with Crippen LogP contribution in [0.15, 0.2) is 40.1 Å². The summed E-state index contributed by atoms with van der Waals surface area (Å²) in [5.74, 6) is -0.543. The van der Waals surface area contributed by atoms with Gasteiger partial charge in [-0.3, -0.25) is 4.55 Å². The van der Waals surface area contributed by atoms with Gasteiger partial charge in [0.1, 0.15) is 4.90 Å². The molecule has 0 amide bonds. The molecule has 0 aliphatic heterocycles. The maximum absolute atomic E-state index is 12.0. The van der Waals surface area contributed by atoms with Crippen molar-refractivity contribution in [3.05, 3.63) is 30.3 Å². The number of hydrogen-bond acceptors (Lipinski definition) is 6. The highest BCUT2D eigenvalue weighted by Crippen LogP contribution is 2.29. The Bertz CT molecular complexity index is 903. The summed E-state index contributed by atoms with van der Waals surface area (Å²) in [5.41, 5.74) is 5.86. The highest BCUT2D eigenvalue weighted by atomic mass is 32.2. The molecule has 0 atom stereocenters. The van der Waals surface area contributed by atoms with Gasteiger partial charge in [-0.1, -0.05) is 6.07 Å². The number of sulfone groups is 1. The van der Waals surface area contributed by atoms with Gasteiger partial charge < -0.3 is 10.8 Å². The van der Waals surface area contributed by atoms with Crippen molar-refractivity contribution in [1.29, 1.82) is 0 Å². The third-order valence-electron chi connectivity index (χ3n) is 2.91. The predicted molar refractivity (Wildman–Crippen MR) is 77.3 cm³/mol. The molecule has 0 heterocycles. The fraction of sp³-hybridized carbons (Fsp3) is 0.167. The summed E-state index contributed by atoms with van der Waals surface area (Å²) in [6, 6.07) is 6.41. The average molecular weight is 331 g/mol. The molecule has 0 fully saturated rings. The largest absolute Gasteiger partial charge is 0.399 e. The van der Waals surface area contributed by atoms with E-state index in [1.54, 1.807) is 0 Å². The van der Waals surface area contributed by atoms with Gasteiger partial charge in [-0.05, 0) is 29.7 Å². The van der Waals surface area contributed by atoms with Gasteiger partial charge in [0.15, 0.2) is 9.84 Å². The number of aliphatic hydroxyl groups excluding tert-OH is 1. The number of aliphatic hydroxyl groups is 1. The van der Waals surface area contributed by atoms with Gasteiger partial charge >= 0.3 is 0 Å². The highest BCUT2D eigenvalue weighted by Gasteiger charge is 2.21. The fourth-order valence-corrected chi connectivity index (χ4v) is 3.83. The van der Waals surface area contributed by atoms with Crippen LogP contribution in [-0.2, 0) is 20.0 Å². The molecular weight excluding hydrogens is 318 g/mol. The van der Waals surface area contributed by atoms with Crippen molar-refractivity contribution >= 4 is 36.4 Å². The van der Waals surface area contributed by atoms with E-state index in [9.17, 15) is 21.4 Å². The maximum Gasteiger partial charge on any atom is 0.295 e. The second kappa shape index (κ2) is 5.26. The number of nitrogen functional groups attached to an aromatic ring is 1. The first-order valence-electron chi connectivity index (χ1n) is 5.79. The summed E-state index contributed by atoms with van der Waals surface area (Å²) < 4.78 is 56.1. The number of rotatable bonds is 4. The summed E-state index contributed by atoms with van der Waals surface area (Å²) >= 11 is 0. The van der Waals surface area contributed by atoms with Gasteiger partial charge in [-0.25, -0.2) is 8.42 Å². The van der Waals surface area contributed by atoms with Crippen molar-refractivity contribution in [1.82, 2.24) is 0 Å². The molecule has 0 radical (unpaired) electrons. The summed E-state index contributed by atoms with van der Waals surface area (Å²) in [7, 11) is -8.48. The van der Waals surface area contributed by atoms with Crippen LogP contribution in [0, 0.1) is 0 Å². The Morgan fingerprint density at radius 2 is 1.71 bits per heavy atom. The molecule has 2 aromatic rings. The summed E-state index contributed by atoms with van der Waals surface area (Å²) in [5, 5.41) is 9.21. The van der Waals surface area contributed by atoms with E-state index in [4.69, 9.17) is 10.8 Å². The average Bonchev–Trinajstić information content (AvgIpc) is 2.36. The number of fused-ring (bicyclic) bond motifs is 1. The van der Waals surface area contributed by atoms with Crippen LogP contribution in [-0.4, -0.2) is 38.9 Å². The molecule has 114 valence electrons. The molecule has 0 saturated heterocycles. The van der Waals surface area contributed by atoms with Crippen LogP contribution in [0.1, 0.15) is 0 Å². The lowest BCUT2D eigenvalue weighted by molar-refractivity contribution is 0.319. The van der Waals surface area contributed by atoms with Crippen molar-refractivity contribution < 1.29 is 26.5 Å². The molecule has 0 spiro atoms. The van der Waals surface area contributed by atoms with Crippen molar-refractivity contribution in [2.45, 2.75) is 9.79 Å². The van der Waals surface area contributed by atoms with Gasteiger partial charge in [0.2, 0.25) is 0 Å². The second-order valence-corrected chi connectivity index (χ2v) is 7.92. The number of anilines is 1. The van der Waals surface area contributed by atoms with E-state index in [0.717, 1.165) is 6.07 Å². The zero-order chi connectivity index (χ0) is 15.8. The minimum absolute atomic E-state index is 0.125. The minimum Gasteiger partial charge on any atom is -0.399 e. The molecule has 0 unspecified atom stereocenters. The number of hydrogen-bond donors (Lipinski definition) is 3. The Labute approximate surface area is 121 Å². The van der Waals surface area contributed by atoms with Crippen molar-refractivity contribution in [3.8, 4) is 0 Å². The van der Waals surface area contributed by atoms with Gasteiger partial charge in [0, 0.05) is 11.1 Å². The van der Waals surface area contributed by atoms with E-state index in [1.807, 2.05) is 0 Å². The molecule has 0 aromatic heterocycles. The molecule has 2 rings (SSSR count). The van der Waals surface area contributed by atoms with E-state index in [1.165, 1.54) is 24.3 Å². The topological polar surface area (TPSA) is 135 Å². The Morgan fingerprint density at radius 3 is 2.29 bits per heavy atom. The smallest absolute Gasteiger partial charge is 0.295 e. The second-order valence-electron chi connectivity index (χ2n) is 4.42. The van der Waals surface area contributed by atoms with E-state index >= 15 is 0 Å². The predicted octanol–water partition coefficient (Wildman–Crippen LogP) is 0.435. The summed E-state index contributed by atoms with van der Waals surface area (Å²) in [4.78, 5) is -0.828. The molecule has 0 bridgehead atoms. The first-order chi connectivity index (χ1) is 9.65. The molecule has 0 aliphatic carbocycles. The van der Waals surface area contributed by atoms with Gasteiger partial charge in [0.25, 0.3) is 10.1 Å². The van der Waals surface area contributed by atoms with Crippen LogP contribution in [0.25, 0.3) is 10.8 Å². The van der Waals surface area contributed by atoms with Crippen molar-refractivity contribution in [2.24, 2.45) is 0 Å². The first kappa shape index (κ1) is 15.7. The van der Waals surface area contributed by atoms with Crippen LogP contribution >= 0.6 is 0 Å². The van der Waals surface area contributed by atoms with Crippen LogP contribution in [0.4, 0.5) is 5.69 Å². The molecule has 2 aromatic carbocycles. The first-order valence-corrected chi connectivity index (χ1v) is 8.89. The molecular formula is C12H13NO6S2. The van der Waals surface area contributed by atoms with Crippen LogP contribution in [0.3, 0.4) is 0 Å². The van der Waals surface area contributed by atoms with Crippen LogP contribution in [0.5, 0.6) is 0 Å². The van der Waals surface area contributed by atoms with E-state index in [-0.39, 0.29) is 16.0 Å². The Kier molecular flexibility index (Phi) is 3.93. The zero-order valence-electron chi connectivity index (χ0n) is 10.7. The van der Waals surface area contributed by atoms with E-state index in [0.29, 0.717) is 5.39 Å². The Balaban J connectivity index is 2.88. The van der Waals surface area contributed by atoms with Crippen LogP contribution in [0.2, 0.25) is 0 Å². The highest BCUT2D eigenvalue weighted by molar-refractivity contribution is 7.91. The lowest BCUT2D eigenvalue weighted by atomic mass is 10.1. The summed E-state index contributed by atoms with van der Waals surface area (Å²) in [6.07, 6.45) is 0. The van der Waals surface area contributed by atoms with E-state index in [2.05, 4.69) is 0 Å². The third kappa shape index (κ3) is 3.16. The SMILES string of the molecule is Nc1ccc2cc(S(=O)(=O)CCO)cc(S(=O)(=O)O)c2c1. The molecule has 21 heavy (non-hydrogen) atoms. The quantitative estimate of drug-likeness (QED) is 0.546. The third-order valence-corrected chi connectivity index (χ3v) is 5.48. The Morgan fingerprint density at radius 1 is 1.05 bits per heavy atom. The zero-order valence-corrected chi connectivity index (χ0v) is 12.4. The summed E-state index contributed by atoms with van der Waals surface area (Å²) in [6.45, 7) is -0.594. The fourth-order valence-electron chi connectivity index (χ4n) is 1.95. The Hall–Kier alpha value is -1.68. The minimum atomic E-state index is -4.63. The number of benzene rings is 2. The standard InChI is InChI=1S/C12H13NO6S2/c13-9-2-1-8-5-10(20(15,16)4-3-14)7-12(11(8)6-9)21(17,18)19/h1-2,5-7,14H,3-4,13H2,(H,17,18,19). The number of nitrogens with two attached hydrogens (primary N) is 1. The normalized spacial score (nSPS) is 12.7.